The lowest BCUT2D eigenvalue weighted by molar-refractivity contribution is -0.140. The van der Waals surface area contributed by atoms with Crippen LogP contribution in [0.15, 0.2) is 0 Å². The first-order valence-corrected chi connectivity index (χ1v) is 12.2. The van der Waals surface area contributed by atoms with Gasteiger partial charge in [-0.1, -0.05) is 32.1 Å². The van der Waals surface area contributed by atoms with Crippen molar-refractivity contribution in [3.8, 4) is 0 Å². The topological polar surface area (TPSA) is 36.0 Å². The number of nitrogens with zero attached hydrogens (tertiary/aromatic N) is 3. The highest BCUT2D eigenvalue weighted by Gasteiger charge is 2.37. The van der Waals surface area contributed by atoms with E-state index in [1.807, 2.05) is 0 Å². The van der Waals surface area contributed by atoms with E-state index < -0.39 is 0 Å². The molecule has 5 heteroatoms. The molecule has 4 rings (SSSR count). The fourth-order valence-corrected chi connectivity index (χ4v) is 5.63. The molecule has 4 fully saturated rings. The number of ether oxygens (including phenoxy) is 1. The Balaban J connectivity index is 1.31. The number of likely N-dealkylation sites (tertiary alicyclic amines) is 1. The van der Waals surface area contributed by atoms with E-state index >= 15 is 0 Å². The van der Waals surface area contributed by atoms with Crippen molar-refractivity contribution in [3.63, 3.8) is 0 Å². The largest absolute Gasteiger partial charge is 0.379 e. The molecule has 4 aliphatic rings. The Labute approximate surface area is 171 Å². The Morgan fingerprint density at radius 1 is 0.893 bits per heavy atom. The lowest BCUT2D eigenvalue weighted by atomic mass is 9.84. The highest BCUT2D eigenvalue weighted by atomic mass is 16.5. The van der Waals surface area contributed by atoms with Crippen LogP contribution in [0.5, 0.6) is 0 Å². The monoisotopic (exact) mass is 391 g/mol. The first-order chi connectivity index (χ1) is 13.8. The average Bonchev–Trinajstić information content (AvgIpc) is 2.99. The minimum atomic E-state index is 0.329. The molecule has 1 atom stereocenters. The van der Waals surface area contributed by atoms with Crippen LogP contribution in [0.4, 0.5) is 0 Å². The summed E-state index contributed by atoms with van der Waals surface area (Å²) in [5.41, 5.74) is 0. The highest BCUT2D eigenvalue weighted by Crippen LogP contribution is 2.32. The second-order valence-electron chi connectivity index (χ2n) is 9.55. The van der Waals surface area contributed by atoms with Crippen LogP contribution < -0.4 is 0 Å². The number of hydrogen-bond acceptors (Lipinski definition) is 4. The van der Waals surface area contributed by atoms with Crippen LogP contribution >= 0.6 is 0 Å². The normalized spacial score (nSPS) is 28.8. The van der Waals surface area contributed by atoms with Gasteiger partial charge in [-0.2, -0.15) is 0 Å². The van der Waals surface area contributed by atoms with E-state index in [2.05, 4.69) is 14.7 Å². The molecule has 1 unspecified atom stereocenters. The smallest absolute Gasteiger partial charge is 0.225 e. The summed E-state index contributed by atoms with van der Waals surface area (Å²) in [6.07, 6.45) is 14.2. The van der Waals surface area contributed by atoms with Crippen molar-refractivity contribution >= 4 is 5.91 Å². The van der Waals surface area contributed by atoms with Gasteiger partial charge in [-0.3, -0.25) is 14.6 Å². The number of morpholine rings is 1. The molecular weight excluding hydrogens is 350 g/mol. The maximum atomic E-state index is 13.2. The predicted octanol–water partition coefficient (Wildman–Crippen LogP) is 3.13. The molecule has 0 N–H and O–H groups in total. The van der Waals surface area contributed by atoms with Gasteiger partial charge in [0.05, 0.1) is 13.2 Å². The Morgan fingerprint density at radius 2 is 1.64 bits per heavy atom. The molecule has 0 radical (unpaired) electrons. The van der Waals surface area contributed by atoms with Crippen molar-refractivity contribution in [3.05, 3.63) is 0 Å². The van der Waals surface area contributed by atoms with Crippen molar-refractivity contribution in [2.45, 2.75) is 82.7 Å². The third kappa shape index (κ3) is 5.28. The Morgan fingerprint density at radius 3 is 2.32 bits per heavy atom. The minimum absolute atomic E-state index is 0.329. The van der Waals surface area contributed by atoms with E-state index in [1.165, 1.54) is 57.9 Å². The van der Waals surface area contributed by atoms with Gasteiger partial charge in [-0.25, -0.2) is 0 Å². The number of carbonyl (C=O) groups is 1. The summed E-state index contributed by atoms with van der Waals surface area (Å²) < 4.78 is 5.47. The number of hydrogen-bond donors (Lipinski definition) is 0. The third-order valence-electron chi connectivity index (χ3n) is 7.69. The maximum absolute atomic E-state index is 13.2. The Hall–Kier alpha value is -0.650. The van der Waals surface area contributed by atoms with E-state index in [0.717, 1.165) is 71.2 Å². The summed E-state index contributed by atoms with van der Waals surface area (Å²) in [6.45, 7) is 8.22. The van der Waals surface area contributed by atoms with Crippen LogP contribution in [0.1, 0.15) is 70.6 Å². The van der Waals surface area contributed by atoms with Crippen molar-refractivity contribution in [2.75, 3.05) is 52.5 Å². The third-order valence-corrected chi connectivity index (χ3v) is 7.69. The zero-order chi connectivity index (χ0) is 19.2. The van der Waals surface area contributed by atoms with E-state index in [1.54, 1.807) is 0 Å². The van der Waals surface area contributed by atoms with Gasteiger partial charge in [0.1, 0.15) is 0 Å². The molecule has 0 bridgehead atoms. The summed E-state index contributed by atoms with van der Waals surface area (Å²) in [5, 5.41) is 0. The summed E-state index contributed by atoms with van der Waals surface area (Å²) in [5.74, 6) is 0.802. The SMILES string of the molecule is O=C(C1CCC1)N(CCCN1CCOCC1)C1CCN(C2CCCCCC2)C1. The quantitative estimate of drug-likeness (QED) is 0.625. The molecule has 28 heavy (non-hydrogen) atoms. The van der Waals surface area contributed by atoms with Gasteiger partial charge in [-0.15, -0.1) is 0 Å². The van der Waals surface area contributed by atoms with Gasteiger partial charge < -0.3 is 9.64 Å². The average molecular weight is 392 g/mol. The molecule has 2 heterocycles. The van der Waals surface area contributed by atoms with Gasteiger partial charge in [0.25, 0.3) is 0 Å². The van der Waals surface area contributed by atoms with Crippen LogP contribution in [0.2, 0.25) is 0 Å². The zero-order valence-corrected chi connectivity index (χ0v) is 17.8. The van der Waals surface area contributed by atoms with Crippen LogP contribution in [0.25, 0.3) is 0 Å². The minimum Gasteiger partial charge on any atom is -0.379 e. The second-order valence-corrected chi connectivity index (χ2v) is 9.55. The lowest BCUT2D eigenvalue weighted by Gasteiger charge is -2.37. The summed E-state index contributed by atoms with van der Waals surface area (Å²) >= 11 is 0. The molecule has 2 saturated heterocycles. The molecule has 160 valence electrons. The maximum Gasteiger partial charge on any atom is 0.225 e. The summed E-state index contributed by atoms with van der Waals surface area (Å²) in [7, 11) is 0. The van der Waals surface area contributed by atoms with Crippen LogP contribution in [0, 0.1) is 5.92 Å². The van der Waals surface area contributed by atoms with E-state index in [9.17, 15) is 4.79 Å². The lowest BCUT2D eigenvalue weighted by Crippen LogP contribution is -2.48. The molecule has 5 nitrogen and oxygen atoms in total. The number of amides is 1. The number of carbonyl (C=O) groups excluding carboxylic acids is 1. The molecule has 0 spiro atoms. The molecule has 2 saturated carbocycles. The molecule has 2 aliphatic heterocycles. The van der Waals surface area contributed by atoms with E-state index in [4.69, 9.17) is 4.74 Å². The Bertz CT molecular complexity index is 482. The van der Waals surface area contributed by atoms with Gasteiger partial charge >= 0.3 is 0 Å². The molecule has 0 aromatic heterocycles. The van der Waals surface area contributed by atoms with Crippen molar-refractivity contribution in [2.24, 2.45) is 5.92 Å². The molecule has 2 aliphatic carbocycles. The van der Waals surface area contributed by atoms with Gasteiger partial charge in [0.15, 0.2) is 0 Å². The first kappa shape index (κ1) is 20.6. The van der Waals surface area contributed by atoms with Gasteiger partial charge in [0.2, 0.25) is 5.91 Å². The first-order valence-electron chi connectivity index (χ1n) is 12.2. The van der Waals surface area contributed by atoms with Crippen LogP contribution in [0.3, 0.4) is 0 Å². The summed E-state index contributed by atoms with van der Waals surface area (Å²) in [6, 6.07) is 1.24. The standard InChI is InChI=1S/C23H41N3O2/c27-23(20-7-5-8-20)26(13-6-12-24-15-17-28-18-16-24)22-11-14-25(19-22)21-9-3-1-2-4-10-21/h20-22H,1-19H2. The van der Waals surface area contributed by atoms with E-state index in [-0.39, 0.29) is 0 Å². The molecule has 1 amide bonds. The van der Waals surface area contributed by atoms with Crippen molar-refractivity contribution < 1.29 is 9.53 Å². The molecule has 0 aromatic rings. The van der Waals surface area contributed by atoms with Gasteiger partial charge in [0, 0.05) is 57.3 Å². The highest BCUT2D eigenvalue weighted by molar-refractivity contribution is 5.80. The van der Waals surface area contributed by atoms with Gasteiger partial charge in [-0.05, 0) is 38.5 Å². The second kappa shape index (κ2) is 10.4. The summed E-state index contributed by atoms with van der Waals surface area (Å²) in [4.78, 5) is 20.8. The Kier molecular flexibility index (Phi) is 7.66. The number of rotatable bonds is 7. The van der Waals surface area contributed by atoms with Crippen molar-refractivity contribution in [1.82, 2.24) is 14.7 Å². The van der Waals surface area contributed by atoms with Crippen molar-refractivity contribution in [1.29, 1.82) is 0 Å². The zero-order valence-electron chi connectivity index (χ0n) is 17.8. The van der Waals surface area contributed by atoms with E-state index in [0.29, 0.717) is 17.9 Å². The molecular formula is C23H41N3O2. The van der Waals surface area contributed by atoms with Crippen LogP contribution in [-0.2, 0) is 9.53 Å². The fraction of sp³-hybridized carbons (Fsp3) is 0.957. The fourth-order valence-electron chi connectivity index (χ4n) is 5.63. The molecule has 0 aromatic carbocycles. The van der Waals surface area contributed by atoms with Crippen LogP contribution in [-0.4, -0.2) is 85.2 Å². The predicted molar refractivity (Wildman–Crippen MR) is 112 cm³/mol.